The van der Waals surface area contributed by atoms with E-state index in [9.17, 15) is 0 Å². The smallest absolute Gasteiger partial charge is 0.0239 e. The minimum Gasteiger partial charge on any atom is -0.293 e. The lowest BCUT2D eigenvalue weighted by molar-refractivity contribution is 0.0609. The number of rotatable bonds is 2. The van der Waals surface area contributed by atoms with Crippen LogP contribution in [0.15, 0.2) is 30.3 Å². The molecule has 0 bridgehead atoms. The summed E-state index contributed by atoms with van der Waals surface area (Å²) in [7, 11) is 0. The third-order valence-electron chi connectivity index (χ3n) is 3.56. The molecular formula is C12H15N. The Hall–Kier alpha value is -0.820. The Morgan fingerprint density at radius 3 is 2.38 bits per heavy atom. The molecule has 1 aromatic carbocycles. The Bertz CT molecular complexity index is 300. The van der Waals surface area contributed by atoms with E-state index in [1.54, 1.807) is 0 Å². The molecule has 68 valence electrons. The summed E-state index contributed by atoms with van der Waals surface area (Å²) < 4.78 is 0. The van der Waals surface area contributed by atoms with Crippen LogP contribution in [0.2, 0.25) is 0 Å². The molecule has 1 heteroatoms. The van der Waals surface area contributed by atoms with Crippen molar-refractivity contribution in [2.24, 2.45) is 0 Å². The van der Waals surface area contributed by atoms with E-state index in [2.05, 4.69) is 35.2 Å². The summed E-state index contributed by atoms with van der Waals surface area (Å²) in [4.78, 5) is 2.64. The van der Waals surface area contributed by atoms with Crippen molar-refractivity contribution in [2.75, 3.05) is 6.54 Å². The Morgan fingerprint density at radius 2 is 1.85 bits per heavy atom. The van der Waals surface area contributed by atoms with E-state index in [-0.39, 0.29) is 0 Å². The van der Waals surface area contributed by atoms with Crippen LogP contribution in [0, 0.1) is 0 Å². The van der Waals surface area contributed by atoms with Crippen LogP contribution < -0.4 is 0 Å². The van der Waals surface area contributed by atoms with Crippen LogP contribution >= 0.6 is 0 Å². The molecule has 1 nitrogen and oxygen atoms in total. The van der Waals surface area contributed by atoms with Gasteiger partial charge in [0.1, 0.15) is 0 Å². The highest BCUT2D eigenvalue weighted by molar-refractivity contribution is 5.18. The van der Waals surface area contributed by atoms with Crippen molar-refractivity contribution in [2.45, 2.75) is 31.3 Å². The number of hydrogen-bond donors (Lipinski definition) is 0. The van der Waals surface area contributed by atoms with Gasteiger partial charge in [0, 0.05) is 18.6 Å². The fourth-order valence-corrected chi connectivity index (χ4v) is 2.35. The lowest BCUT2D eigenvalue weighted by Gasteiger charge is -2.42. The maximum absolute atomic E-state index is 2.64. The average Bonchev–Trinajstić information content (AvgIpc) is 2.96. The summed E-state index contributed by atoms with van der Waals surface area (Å²) in [6, 6.07) is 10.8. The lowest BCUT2D eigenvalue weighted by Crippen LogP contribution is -2.49. The normalized spacial score (nSPS) is 24.3. The van der Waals surface area contributed by atoms with Gasteiger partial charge < -0.3 is 0 Å². The molecule has 0 atom stereocenters. The standard InChI is InChI=1S/C12H15N/c1-2-4-11(5-3-1)10-13-9-8-12(13)6-7-12/h1-5H,6-10H2. The molecule has 1 heterocycles. The topological polar surface area (TPSA) is 3.24 Å². The first-order chi connectivity index (χ1) is 6.39. The summed E-state index contributed by atoms with van der Waals surface area (Å²) in [5, 5.41) is 0. The van der Waals surface area contributed by atoms with E-state index in [1.165, 1.54) is 37.9 Å². The molecule has 1 saturated heterocycles. The minimum absolute atomic E-state index is 0.676. The molecule has 3 rings (SSSR count). The zero-order chi connectivity index (χ0) is 8.73. The Labute approximate surface area is 79.4 Å². The highest BCUT2D eigenvalue weighted by Crippen LogP contribution is 2.51. The van der Waals surface area contributed by atoms with Crippen LogP contribution in [0.5, 0.6) is 0 Å². The molecule has 1 spiro atoms. The van der Waals surface area contributed by atoms with E-state index >= 15 is 0 Å². The molecule has 0 amide bonds. The fraction of sp³-hybridized carbons (Fsp3) is 0.500. The van der Waals surface area contributed by atoms with Gasteiger partial charge >= 0.3 is 0 Å². The SMILES string of the molecule is c1ccc(CN2CCC23CC3)cc1. The first-order valence-electron chi connectivity index (χ1n) is 5.18. The van der Waals surface area contributed by atoms with E-state index < -0.39 is 0 Å². The van der Waals surface area contributed by atoms with Crippen molar-refractivity contribution in [3.05, 3.63) is 35.9 Å². The molecule has 1 aromatic rings. The lowest BCUT2D eigenvalue weighted by atomic mass is 9.99. The molecule has 13 heavy (non-hydrogen) atoms. The minimum atomic E-state index is 0.676. The van der Waals surface area contributed by atoms with Gasteiger partial charge in [-0.15, -0.1) is 0 Å². The van der Waals surface area contributed by atoms with E-state index in [4.69, 9.17) is 0 Å². The van der Waals surface area contributed by atoms with Gasteiger partial charge in [0.25, 0.3) is 0 Å². The Balaban J connectivity index is 1.70. The van der Waals surface area contributed by atoms with Crippen LogP contribution in [0.1, 0.15) is 24.8 Å². The van der Waals surface area contributed by atoms with Gasteiger partial charge in [-0.1, -0.05) is 30.3 Å². The first kappa shape index (κ1) is 7.57. The molecule has 2 fully saturated rings. The third-order valence-corrected chi connectivity index (χ3v) is 3.56. The Kier molecular flexibility index (Phi) is 1.50. The van der Waals surface area contributed by atoms with Gasteiger partial charge in [-0.3, -0.25) is 4.90 Å². The molecule has 0 unspecified atom stereocenters. The van der Waals surface area contributed by atoms with Crippen LogP contribution in [0.4, 0.5) is 0 Å². The molecule has 1 aliphatic carbocycles. The molecule has 0 radical (unpaired) electrons. The highest BCUT2D eigenvalue weighted by atomic mass is 15.3. The van der Waals surface area contributed by atoms with Crippen molar-refractivity contribution in [3.8, 4) is 0 Å². The quantitative estimate of drug-likeness (QED) is 0.664. The van der Waals surface area contributed by atoms with E-state index in [1.807, 2.05) is 0 Å². The van der Waals surface area contributed by atoms with Gasteiger partial charge in [0.2, 0.25) is 0 Å². The molecule has 0 aromatic heterocycles. The first-order valence-corrected chi connectivity index (χ1v) is 5.18. The third kappa shape index (κ3) is 1.19. The van der Waals surface area contributed by atoms with Crippen LogP contribution in [0.3, 0.4) is 0 Å². The van der Waals surface area contributed by atoms with Crippen molar-refractivity contribution in [3.63, 3.8) is 0 Å². The predicted molar refractivity (Wildman–Crippen MR) is 53.4 cm³/mol. The largest absolute Gasteiger partial charge is 0.293 e. The fourth-order valence-electron chi connectivity index (χ4n) is 2.35. The molecule has 1 aliphatic heterocycles. The molecule has 0 N–H and O–H groups in total. The predicted octanol–water partition coefficient (Wildman–Crippen LogP) is 2.42. The average molecular weight is 173 g/mol. The highest BCUT2D eigenvalue weighted by Gasteiger charge is 2.53. The summed E-state index contributed by atoms with van der Waals surface area (Å²) in [6.07, 6.45) is 4.33. The summed E-state index contributed by atoms with van der Waals surface area (Å²) >= 11 is 0. The van der Waals surface area contributed by atoms with Crippen LogP contribution in [-0.4, -0.2) is 17.0 Å². The molecule has 2 aliphatic rings. The van der Waals surface area contributed by atoms with Crippen LogP contribution in [0.25, 0.3) is 0 Å². The molecular weight excluding hydrogens is 158 g/mol. The number of benzene rings is 1. The van der Waals surface area contributed by atoms with Gasteiger partial charge in [0.15, 0.2) is 0 Å². The van der Waals surface area contributed by atoms with Gasteiger partial charge in [0.05, 0.1) is 0 Å². The zero-order valence-electron chi connectivity index (χ0n) is 7.87. The van der Waals surface area contributed by atoms with Crippen molar-refractivity contribution >= 4 is 0 Å². The number of likely N-dealkylation sites (tertiary alicyclic amines) is 1. The zero-order valence-corrected chi connectivity index (χ0v) is 7.87. The van der Waals surface area contributed by atoms with E-state index in [0.717, 1.165) is 0 Å². The summed E-state index contributed by atoms with van der Waals surface area (Å²) in [5.74, 6) is 0. The van der Waals surface area contributed by atoms with Gasteiger partial charge in [-0.2, -0.15) is 0 Å². The van der Waals surface area contributed by atoms with Gasteiger partial charge in [-0.05, 0) is 24.8 Å². The van der Waals surface area contributed by atoms with E-state index in [0.29, 0.717) is 5.54 Å². The van der Waals surface area contributed by atoms with Crippen molar-refractivity contribution in [1.29, 1.82) is 0 Å². The second-order valence-corrected chi connectivity index (χ2v) is 4.38. The second kappa shape index (κ2) is 2.58. The number of nitrogens with zero attached hydrogens (tertiary/aromatic N) is 1. The maximum Gasteiger partial charge on any atom is 0.0239 e. The maximum atomic E-state index is 2.64. The summed E-state index contributed by atoms with van der Waals surface area (Å²) in [6.45, 7) is 2.48. The monoisotopic (exact) mass is 173 g/mol. The summed E-state index contributed by atoms with van der Waals surface area (Å²) in [5.41, 5.74) is 2.14. The van der Waals surface area contributed by atoms with Crippen LogP contribution in [-0.2, 0) is 6.54 Å². The number of hydrogen-bond acceptors (Lipinski definition) is 1. The van der Waals surface area contributed by atoms with Crippen molar-refractivity contribution in [1.82, 2.24) is 4.90 Å². The van der Waals surface area contributed by atoms with Gasteiger partial charge in [-0.25, -0.2) is 0 Å². The Morgan fingerprint density at radius 1 is 1.08 bits per heavy atom. The second-order valence-electron chi connectivity index (χ2n) is 4.38. The molecule has 1 saturated carbocycles. The van der Waals surface area contributed by atoms with Crippen molar-refractivity contribution < 1.29 is 0 Å².